The van der Waals surface area contributed by atoms with Gasteiger partial charge in [-0.05, 0) is 18.4 Å². The Kier molecular flexibility index (Phi) is 4.04. The van der Waals surface area contributed by atoms with Gasteiger partial charge in [0.05, 0.1) is 17.9 Å². The van der Waals surface area contributed by atoms with Crippen LogP contribution >= 0.6 is 11.6 Å². The van der Waals surface area contributed by atoms with E-state index in [9.17, 15) is 0 Å². The molecule has 0 saturated carbocycles. The first-order chi connectivity index (χ1) is 8.58. The minimum Gasteiger partial charge on any atom is -0.341 e. The maximum atomic E-state index is 6.15. The van der Waals surface area contributed by atoms with E-state index in [1.54, 1.807) is 6.20 Å². The lowest BCUT2D eigenvalue weighted by atomic mass is 10.0. The van der Waals surface area contributed by atoms with E-state index in [1.165, 1.54) is 0 Å². The Morgan fingerprint density at radius 1 is 1.33 bits per heavy atom. The van der Waals surface area contributed by atoms with Gasteiger partial charge in [-0.25, -0.2) is 4.98 Å². The lowest BCUT2D eigenvalue weighted by molar-refractivity contribution is 0.496. The van der Waals surface area contributed by atoms with Crippen molar-refractivity contribution in [3.05, 3.63) is 41.3 Å². The van der Waals surface area contributed by atoms with Gasteiger partial charge in [0.1, 0.15) is 5.82 Å². The standard InChI is InChI=1S/C14H18ClN3/c1-9(2)7-12(16)14-17-8-13(18-14)10-5-3-4-6-11(10)15/h3-6,8-9,12H,7,16H2,1-2H3,(H,17,18). The van der Waals surface area contributed by atoms with Crippen molar-refractivity contribution in [2.24, 2.45) is 11.7 Å². The van der Waals surface area contributed by atoms with E-state index < -0.39 is 0 Å². The van der Waals surface area contributed by atoms with Crippen LogP contribution in [-0.2, 0) is 0 Å². The molecule has 1 unspecified atom stereocenters. The Morgan fingerprint density at radius 2 is 2.06 bits per heavy atom. The van der Waals surface area contributed by atoms with Crippen LogP contribution in [0.15, 0.2) is 30.5 Å². The van der Waals surface area contributed by atoms with Crippen LogP contribution in [0.2, 0.25) is 5.02 Å². The molecule has 2 rings (SSSR count). The highest BCUT2D eigenvalue weighted by Crippen LogP contribution is 2.27. The zero-order valence-corrected chi connectivity index (χ0v) is 11.4. The van der Waals surface area contributed by atoms with E-state index >= 15 is 0 Å². The van der Waals surface area contributed by atoms with Crippen LogP contribution in [0, 0.1) is 5.92 Å². The monoisotopic (exact) mass is 263 g/mol. The second kappa shape index (κ2) is 5.55. The minimum atomic E-state index is -0.0544. The molecule has 0 aliphatic rings. The summed E-state index contributed by atoms with van der Waals surface area (Å²) in [7, 11) is 0. The number of hydrogen-bond acceptors (Lipinski definition) is 2. The van der Waals surface area contributed by atoms with Crippen LogP contribution in [-0.4, -0.2) is 9.97 Å². The van der Waals surface area contributed by atoms with Gasteiger partial charge in [0.15, 0.2) is 0 Å². The topological polar surface area (TPSA) is 54.7 Å². The predicted octanol–water partition coefficient (Wildman–Crippen LogP) is 3.78. The van der Waals surface area contributed by atoms with Gasteiger partial charge < -0.3 is 10.7 Å². The van der Waals surface area contributed by atoms with Crippen LogP contribution in [0.25, 0.3) is 11.3 Å². The number of benzene rings is 1. The molecule has 3 N–H and O–H groups in total. The van der Waals surface area contributed by atoms with E-state index in [-0.39, 0.29) is 6.04 Å². The van der Waals surface area contributed by atoms with E-state index in [0.29, 0.717) is 10.9 Å². The van der Waals surface area contributed by atoms with Crippen molar-refractivity contribution in [1.82, 2.24) is 9.97 Å². The number of imidazole rings is 1. The average molecular weight is 264 g/mol. The zero-order valence-electron chi connectivity index (χ0n) is 10.7. The van der Waals surface area contributed by atoms with Crippen LogP contribution in [0.1, 0.15) is 32.1 Å². The molecule has 96 valence electrons. The number of rotatable bonds is 4. The molecule has 0 fully saturated rings. The number of nitrogens with zero attached hydrogens (tertiary/aromatic N) is 1. The highest BCUT2D eigenvalue weighted by atomic mass is 35.5. The molecule has 0 bridgehead atoms. The number of H-pyrrole nitrogens is 1. The Bertz CT molecular complexity index is 519. The number of aromatic amines is 1. The third-order valence-corrected chi connectivity index (χ3v) is 3.17. The normalized spacial score (nSPS) is 12.9. The van der Waals surface area contributed by atoms with Crippen molar-refractivity contribution in [3.63, 3.8) is 0 Å². The number of nitrogens with one attached hydrogen (secondary N) is 1. The Morgan fingerprint density at radius 3 is 2.72 bits per heavy atom. The summed E-state index contributed by atoms with van der Waals surface area (Å²) in [5.74, 6) is 1.37. The fourth-order valence-electron chi connectivity index (χ4n) is 1.96. The largest absolute Gasteiger partial charge is 0.341 e. The second-order valence-electron chi connectivity index (χ2n) is 4.90. The van der Waals surface area contributed by atoms with Crippen molar-refractivity contribution >= 4 is 11.6 Å². The summed E-state index contributed by atoms with van der Waals surface area (Å²) in [5, 5.41) is 0.713. The number of halogens is 1. The summed E-state index contributed by atoms with van der Waals surface area (Å²) < 4.78 is 0. The third kappa shape index (κ3) is 2.92. The van der Waals surface area contributed by atoms with Crippen molar-refractivity contribution in [2.45, 2.75) is 26.3 Å². The molecule has 4 heteroatoms. The molecule has 18 heavy (non-hydrogen) atoms. The molecule has 1 heterocycles. The smallest absolute Gasteiger partial charge is 0.123 e. The lowest BCUT2D eigenvalue weighted by Gasteiger charge is -2.11. The summed E-state index contributed by atoms with van der Waals surface area (Å²) in [4.78, 5) is 7.60. The zero-order chi connectivity index (χ0) is 13.1. The summed E-state index contributed by atoms with van der Waals surface area (Å²) in [5.41, 5.74) is 7.96. The van der Waals surface area contributed by atoms with E-state index in [4.69, 9.17) is 17.3 Å². The van der Waals surface area contributed by atoms with Crippen LogP contribution in [0.5, 0.6) is 0 Å². The molecule has 0 aliphatic carbocycles. The Labute approximate surface area is 112 Å². The van der Waals surface area contributed by atoms with Crippen LogP contribution in [0.3, 0.4) is 0 Å². The molecule has 1 atom stereocenters. The molecule has 2 aromatic rings. The molecule has 3 nitrogen and oxygen atoms in total. The fourth-order valence-corrected chi connectivity index (χ4v) is 2.20. The average Bonchev–Trinajstić information content (AvgIpc) is 2.78. The van der Waals surface area contributed by atoms with Crippen molar-refractivity contribution in [2.75, 3.05) is 0 Å². The van der Waals surface area contributed by atoms with E-state index in [2.05, 4.69) is 23.8 Å². The van der Waals surface area contributed by atoms with Gasteiger partial charge in [0, 0.05) is 10.6 Å². The first-order valence-electron chi connectivity index (χ1n) is 6.13. The lowest BCUT2D eigenvalue weighted by Crippen LogP contribution is -2.14. The van der Waals surface area contributed by atoms with Gasteiger partial charge in [-0.2, -0.15) is 0 Å². The maximum absolute atomic E-state index is 6.15. The highest BCUT2D eigenvalue weighted by Gasteiger charge is 2.13. The van der Waals surface area contributed by atoms with Crippen molar-refractivity contribution in [3.8, 4) is 11.3 Å². The molecule has 0 aliphatic heterocycles. The minimum absolute atomic E-state index is 0.0544. The van der Waals surface area contributed by atoms with Crippen molar-refractivity contribution < 1.29 is 0 Å². The molecule has 0 spiro atoms. The van der Waals surface area contributed by atoms with Crippen LogP contribution < -0.4 is 5.73 Å². The van der Waals surface area contributed by atoms with E-state index in [0.717, 1.165) is 23.5 Å². The number of hydrogen-bond donors (Lipinski definition) is 2. The first kappa shape index (κ1) is 13.1. The number of nitrogens with two attached hydrogens (primary N) is 1. The molecule has 0 radical (unpaired) electrons. The van der Waals surface area contributed by atoms with Gasteiger partial charge in [0.25, 0.3) is 0 Å². The van der Waals surface area contributed by atoms with Gasteiger partial charge in [0.2, 0.25) is 0 Å². The molecule has 1 aromatic heterocycles. The number of aromatic nitrogens is 2. The van der Waals surface area contributed by atoms with Gasteiger partial charge in [-0.1, -0.05) is 43.6 Å². The first-order valence-corrected chi connectivity index (χ1v) is 6.51. The summed E-state index contributed by atoms with van der Waals surface area (Å²) in [6.45, 7) is 4.30. The van der Waals surface area contributed by atoms with Crippen molar-refractivity contribution in [1.29, 1.82) is 0 Å². The maximum Gasteiger partial charge on any atom is 0.123 e. The predicted molar refractivity (Wildman–Crippen MR) is 75.4 cm³/mol. The molecular weight excluding hydrogens is 246 g/mol. The Balaban J connectivity index is 2.23. The molecule has 0 saturated heterocycles. The van der Waals surface area contributed by atoms with Gasteiger partial charge >= 0.3 is 0 Å². The SMILES string of the molecule is CC(C)CC(N)c1ncc(-c2ccccc2Cl)[nH]1. The third-order valence-electron chi connectivity index (χ3n) is 2.84. The van der Waals surface area contributed by atoms with Gasteiger partial charge in [-0.15, -0.1) is 0 Å². The highest BCUT2D eigenvalue weighted by molar-refractivity contribution is 6.33. The second-order valence-corrected chi connectivity index (χ2v) is 5.31. The molecular formula is C14H18ClN3. The summed E-state index contributed by atoms with van der Waals surface area (Å²) in [6.07, 6.45) is 2.70. The molecule has 1 aromatic carbocycles. The fraction of sp³-hybridized carbons (Fsp3) is 0.357. The molecule has 0 amide bonds. The summed E-state index contributed by atoms with van der Waals surface area (Å²) >= 11 is 6.15. The quantitative estimate of drug-likeness (QED) is 0.882. The van der Waals surface area contributed by atoms with E-state index in [1.807, 2.05) is 24.3 Å². The van der Waals surface area contributed by atoms with Crippen LogP contribution in [0.4, 0.5) is 0 Å². The summed E-state index contributed by atoms with van der Waals surface area (Å²) in [6, 6.07) is 7.64. The Hall–Kier alpha value is -1.32. The van der Waals surface area contributed by atoms with Gasteiger partial charge in [-0.3, -0.25) is 0 Å².